The van der Waals surface area contributed by atoms with Crippen molar-refractivity contribution in [2.75, 3.05) is 12.4 Å². The van der Waals surface area contributed by atoms with Crippen LogP contribution in [0.1, 0.15) is 15.9 Å². The first kappa shape index (κ1) is 16.4. The number of hydrogen-bond acceptors (Lipinski definition) is 6. The second-order valence-corrected chi connectivity index (χ2v) is 5.38. The van der Waals surface area contributed by atoms with Crippen molar-refractivity contribution in [3.8, 4) is 5.75 Å². The molecule has 1 heterocycles. The molecule has 0 radical (unpaired) electrons. The topological polar surface area (TPSA) is 108 Å². The van der Waals surface area contributed by atoms with E-state index in [9.17, 15) is 19.7 Å². The van der Waals surface area contributed by atoms with E-state index < -0.39 is 22.9 Å². The molecule has 1 aliphatic heterocycles. The molecule has 2 aromatic carbocycles. The van der Waals surface area contributed by atoms with Crippen LogP contribution in [0, 0.1) is 10.1 Å². The predicted molar refractivity (Wildman–Crippen MR) is 87.6 cm³/mol. The van der Waals surface area contributed by atoms with Crippen molar-refractivity contribution < 1.29 is 24.0 Å². The van der Waals surface area contributed by atoms with Gasteiger partial charge in [0.1, 0.15) is 11.4 Å². The number of anilines is 1. The average molecular weight is 342 g/mol. The Balaban J connectivity index is 1.82. The van der Waals surface area contributed by atoms with Crippen molar-refractivity contribution in [3.63, 3.8) is 0 Å². The number of esters is 1. The molecule has 25 heavy (non-hydrogen) atoms. The van der Waals surface area contributed by atoms with Crippen molar-refractivity contribution >= 4 is 23.3 Å². The van der Waals surface area contributed by atoms with Crippen LogP contribution in [0.3, 0.4) is 0 Å². The van der Waals surface area contributed by atoms with Crippen molar-refractivity contribution in [3.05, 3.63) is 63.7 Å². The number of methoxy groups -OCH3 is 1. The number of fused-ring (bicyclic) bond motifs is 1. The van der Waals surface area contributed by atoms with E-state index in [0.717, 1.165) is 0 Å². The molecule has 1 aliphatic rings. The summed E-state index contributed by atoms with van der Waals surface area (Å²) in [5.74, 6) is -0.926. The van der Waals surface area contributed by atoms with Gasteiger partial charge in [-0.15, -0.1) is 0 Å². The van der Waals surface area contributed by atoms with Gasteiger partial charge in [-0.25, -0.2) is 4.79 Å². The van der Waals surface area contributed by atoms with Crippen LogP contribution in [0.2, 0.25) is 0 Å². The number of cyclic esters (lactones) is 1. The first-order valence-corrected chi connectivity index (χ1v) is 7.42. The van der Waals surface area contributed by atoms with Crippen LogP contribution < -0.4 is 10.1 Å². The lowest BCUT2D eigenvalue weighted by atomic mass is 9.98. The minimum atomic E-state index is -1.05. The number of nitrogens with one attached hydrogen (secondary N) is 1. The van der Waals surface area contributed by atoms with Crippen LogP contribution in [0.25, 0.3) is 0 Å². The number of carbonyl (C=O) groups is 2. The molecule has 2 aromatic rings. The summed E-state index contributed by atoms with van der Waals surface area (Å²) >= 11 is 0. The minimum absolute atomic E-state index is 0.00528. The number of ether oxygens (including phenoxy) is 2. The monoisotopic (exact) mass is 342 g/mol. The van der Waals surface area contributed by atoms with Crippen LogP contribution in [-0.4, -0.2) is 30.0 Å². The first-order chi connectivity index (χ1) is 12.0. The van der Waals surface area contributed by atoms with E-state index in [2.05, 4.69) is 5.32 Å². The zero-order chi connectivity index (χ0) is 18.0. The number of nitro groups is 1. The molecule has 0 saturated heterocycles. The molecule has 3 rings (SSSR count). The van der Waals surface area contributed by atoms with Gasteiger partial charge >= 0.3 is 5.97 Å². The smallest absolute Gasteiger partial charge is 0.339 e. The number of rotatable bonds is 4. The van der Waals surface area contributed by atoms with Crippen LogP contribution in [0.4, 0.5) is 11.4 Å². The highest BCUT2D eigenvalue weighted by atomic mass is 16.6. The Kier molecular flexibility index (Phi) is 4.34. The summed E-state index contributed by atoms with van der Waals surface area (Å²) in [7, 11) is 1.39. The summed E-state index contributed by atoms with van der Waals surface area (Å²) in [6.45, 7) is 0. The van der Waals surface area contributed by atoms with E-state index in [1.807, 2.05) is 0 Å². The molecule has 0 saturated carbocycles. The molecular formula is C17H14N2O6. The molecule has 8 nitrogen and oxygen atoms in total. The molecule has 0 bridgehead atoms. The van der Waals surface area contributed by atoms with Gasteiger partial charge in [-0.3, -0.25) is 14.9 Å². The summed E-state index contributed by atoms with van der Waals surface area (Å²) in [4.78, 5) is 34.9. The van der Waals surface area contributed by atoms with E-state index in [1.165, 1.54) is 25.3 Å². The fraction of sp³-hybridized carbons (Fsp3) is 0.176. The summed E-state index contributed by atoms with van der Waals surface area (Å²) in [5.41, 5.74) is 0.811. The van der Waals surface area contributed by atoms with Crippen molar-refractivity contribution in [2.24, 2.45) is 0 Å². The maximum absolute atomic E-state index is 12.4. The molecule has 1 amide bonds. The van der Waals surface area contributed by atoms with E-state index in [0.29, 0.717) is 16.9 Å². The number of hydrogen-bond donors (Lipinski definition) is 1. The van der Waals surface area contributed by atoms with Crippen LogP contribution in [-0.2, 0) is 16.0 Å². The molecule has 0 aromatic heterocycles. The molecule has 128 valence electrons. The van der Waals surface area contributed by atoms with Gasteiger partial charge in [0.25, 0.3) is 11.6 Å². The largest absolute Gasteiger partial charge is 0.496 e. The number of amides is 1. The lowest BCUT2D eigenvalue weighted by molar-refractivity contribution is -0.384. The summed E-state index contributed by atoms with van der Waals surface area (Å²) in [6, 6.07) is 10.9. The Bertz CT molecular complexity index is 864. The van der Waals surface area contributed by atoms with Gasteiger partial charge in [0.15, 0.2) is 6.10 Å². The molecular weight excluding hydrogens is 328 g/mol. The van der Waals surface area contributed by atoms with Gasteiger partial charge in [-0.1, -0.05) is 18.2 Å². The average Bonchev–Trinajstić information content (AvgIpc) is 2.61. The van der Waals surface area contributed by atoms with Gasteiger partial charge in [-0.05, 0) is 23.8 Å². The maximum atomic E-state index is 12.4. The van der Waals surface area contributed by atoms with Crippen molar-refractivity contribution in [1.29, 1.82) is 0 Å². The van der Waals surface area contributed by atoms with Gasteiger partial charge < -0.3 is 14.8 Å². The molecule has 1 atom stereocenters. The quantitative estimate of drug-likeness (QED) is 0.519. The zero-order valence-electron chi connectivity index (χ0n) is 13.2. The molecule has 0 aliphatic carbocycles. The molecule has 0 spiro atoms. The van der Waals surface area contributed by atoms with Gasteiger partial charge in [0.05, 0.1) is 23.7 Å². The van der Waals surface area contributed by atoms with E-state index >= 15 is 0 Å². The van der Waals surface area contributed by atoms with Crippen molar-refractivity contribution in [2.45, 2.75) is 12.5 Å². The second kappa shape index (κ2) is 6.60. The fourth-order valence-electron chi connectivity index (χ4n) is 2.59. The number of benzene rings is 2. The van der Waals surface area contributed by atoms with Crippen LogP contribution in [0.5, 0.6) is 5.75 Å². The van der Waals surface area contributed by atoms with Gasteiger partial charge in [0, 0.05) is 6.42 Å². The third-order valence-corrected chi connectivity index (χ3v) is 3.84. The highest BCUT2D eigenvalue weighted by molar-refractivity contribution is 6.01. The van der Waals surface area contributed by atoms with E-state index in [-0.39, 0.29) is 17.8 Å². The Hall–Kier alpha value is -3.42. The zero-order valence-corrected chi connectivity index (χ0v) is 13.2. The molecule has 0 fully saturated rings. The highest BCUT2D eigenvalue weighted by Crippen LogP contribution is 2.30. The third kappa shape index (κ3) is 3.27. The number of nitro benzene ring substituents is 1. The van der Waals surface area contributed by atoms with Gasteiger partial charge in [0.2, 0.25) is 0 Å². The van der Waals surface area contributed by atoms with Gasteiger partial charge in [-0.2, -0.15) is 0 Å². The summed E-state index contributed by atoms with van der Waals surface area (Å²) in [6.07, 6.45) is -0.846. The number of carbonyl (C=O) groups excluding carboxylic acids is 2. The fourth-order valence-corrected chi connectivity index (χ4v) is 2.59. The summed E-state index contributed by atoms with van der Waals surface area (Å²) in [5, 5.41) is 13.6. The molecule has 1 unspecified atom stereocenters. The lowest BCUT2D eigenvalue weighted by Crippen LogP contribution is -2.38. The van der Waals surface area contributed by atoms with Crippen LogP contribution in [0.15, 0.2) is 42.5 Å². The molecule has 1 N–H and O–H groups in total. The maximum Gasteiger partial charge on any atom is 0.339 e. The SMILES string of the molecule is COc1ccc(NC(=O)C2Cc3ccccc3C(=O)O2)c([N+](=O)[O-])c1. The first-order valence-electron chi connectivity index (χ1n) is 7.42. The van der Waals surface area contributed by atoms with E-state index in [1.54, 1.807) is 24.3 Å². The minimum Gasteiger partial charge on any atom is -0.496 e. The Labute approximate surface area is 142 Å². The van der Waals surface area contributed by atoms with Crippen LogP contribution >= 0.6 is 0 Å². The summed E-state index contributed by atoms with van der Waals surface area (Å²) < 4.78 is 10.1. The van der Waals surface area contributed by atoms with E-state index in [4.69, 9.17) is 9.47 Å². The third-order valence-electron chi connectivity index (χ3n) is 3.84. The lowest BCUT2D eigenvalue weighted by Gasteiger charge is -2.23. The number of nitrogens with zero attached hydrogens (tertiary/aromatic N) is 1. The highest BCUT2D eigenvalue weighted by Gasteiger charge is 2.32. The Morgan fingerprint density at radius 2 is 2.08 bits per heavy atom. The standard InChI is InChI=1S/C17H14N2O6/c1-24-11-6-7-13(14(9-11)19(22)23)18-16(20)15-8-10-4-2-3-5-12(10)17(21)25-15/h2-7,9,15H,8H2,1H3,(H,18,20). The second-order valence-electron chi connectivity index (χ2n) is 5.38. The Morgan fingerprint density at radius 3 is 2.80 bits per heavy atom. The predicted octanol–water partition coefficient (Wildman–Crippen LogP) is 2.32. The molecule has 8 heteroatoms. The normalized spacial score (nSPS) is 15.7. The van der Waals surface area contributed by atoms with Crippen molar-refractivity contribution in [1.82, 2.24) is 0 Å². The Morgan fingerprint density at radius 1 is 1.32 bits per heavy atom.